The highest BCUT2D eigenvalue weighted by Gasteiger charge is 2.44. The van der Waals surface area contributed by atoms with Gasteiger partial charge < -0.3 is 10.2 Å². The van der Waals surface area contributed by atoms with Gasteiger partial charge in [-0.1, -0.05) is 0 Å². The lowest BCUT2D eigenvalue weighted by atomic mass is 10.1. The molecule has 20 heavy (non-hydrogen) atoms. The Morgan fingerprint density at radius 1 is 1.40 bits per heavy atom. The Bertz CT molecular complexity index is 418. The maximum atomic E-state index is 13.0. The van der Waals surface area contributed by atoms with Crippen molar-refractivity contribution in [2.75, 3.05) is 13.1 Å². The van der Waals surface area contributed by atoms with Crippen LogP contribution in [-0.2, 0) is 9.59 Å². The van der Waals surface area contributed by atoms with Gasteiger partial charge in [0.05, 0.1) is 18.6 Å². The van der Waals surface area contributed by atoms with E-state index in [1.54, 1.807) is 4.90 Å². The lowest BCUT2D eigenvalue weighted by molar-refractivity contribution is -0.128. The fourth-order valence-electron chi connectivity index (χ4n) is 2.77. The van der Waals surface area contributed by atoms with Gasteiger partial charge in [0.15, 0.2) is 0 Å². The molecule has 1 aliphatic carbocycles. The van der Waals surface area contributed by atoms with Gasteiger partial charge >= 0.3 is 0 Å². The van der Waals surface area contributed by atoms with Crippen molar-refractivity contribution in [3.05, 3.63) is 0 Å². The van der Waals surface area contributed by atoms with Crippen LogP contribution in [0.15, 0.2) is 0 Å². The predicted octanol–water partition coefficient (Wildman–Crippen LogP) is 0.285. The van der Waals surface area contributed by atoms with Crippen molar-refractivity contribution in [2.24, 2.45) is 0 Å². The number of nitrogens with one attached hydrogen (secondary N) is 2. The Morgan fingerprint density at radius 2 is 2.10 bits per heavy atom. The van der Waals surface area contributed by atoms with Gasteiger partial charge in [-0.25, -0.2) is 8.78 Å². The van der Waals surface area contributed by atoms with Crippen LogP contribution in [0.5, 0.6) is 0 Å². The van der Waals surface area contributed by atoms with Crippen molar-refractivity contribution in [2.45, 2.75) is 49.7 Å². The van der Waals surface area contributed by atoms with E-state index in [4.69, 9.17) is 0 Å². The number of carbonyl (C=O) groups excluding carboxylic acids is 2. The smallest absolute Gasteiger partial charge is 0.262 e. The van der Waals surface area contributed by atoms with E-state index in [9.17, 15) is 18.4 Å². The van der Waals surface area contributed by atoms with Crippen molar-refractivity contribution in [1.82, 2.24) is 15.5 Å². The number of rotatable bonds is 3. The minimum absolute atomic E-state index is 0. The molecule has 3 rings (SSSR count). The number of amides is 2. The largest absolute Gasteiger partial charge is 0.350 e. The van der Waals surface area contributed by atoms with Crippen molar-refractivity contribution in [3.8, 4) is 0 Å². The molecule has 2 unspecified atom stereocenters. The second-order valence-corrected chi connectivity index (χ2v) is 5.68. The van der Waals surface area contributed by atoms with Crippen LogP contribution < -0.4 is 10.6 Å². The van der Waals surface area contributed by atoms with E-state index in [2.05, 4.69) is 10.6 Å². The Kier molecular flexibility index (Phi) is 4.20. The first-order valence-corrected chi connectivity index (χ1v) is 6.66. The summed E-state index contributed by atoms with van der Waals surface area (Å²) in [4.78, 5) is 25.4. The van der Waals surface area contributed by atoms with Gasteiger partial charge in [0.25, 0.3) is 5.92 Å². The summed E-state index contributed by atoms with van der Waals surface area (Å²) in [6, 6.07) is -0.750. The molecule has 1 saturated carbocycles. The van der Waals surface area contributed by atoms with E-state index in [1.165, 1.54) is 0 Å². The second-order valence-electron chi connectivity index (χ2n) is 5.68. The summed E-state index contributed by atoms with van der Waals surface area (Å²) in [6.07, 6.45) is 1.88. The molecule has 8 heteroatoms. The summed E-state index contributed by atoms with van der Waals surface area (Å²) in [7, 11) is 0. The van der Waals surface area contributed by atoms with Crippen molar-refractivity contribution < 1.29 is 18.4 Å². The van der Waals surface area contributed by atoms with Crippen molar-refractivity contribution in [3.63, 3.8) is 0 Å². The Labute approximate surface area is 121 Å². The van der Waals surface area contributed by atoms with Gasteiger partial charge in [-0.2, -0.15) is 0 Å². The third kappa shape index (κ3) is 3.20. The van der Waals surface area contributed by atoms with E-state index in [-0.39, 0.29) is 30.8 Å². The molecule has 2 saturated heterocycles. The van der Waals surface area contributed by atoms with Crippen LogP contribution in [-0.4, -0.2) is 53.9 Å². The first-order chi connectivity index (χ1) is 8.94. The average molecular weight is 310 g/mol. The molecule has 5 nitrogen and oxygen atoms in total. The Morgan fingerprint density at radius 3 is 2.65 bits per heavy atom. The highest BCUT2D eigenvalue weighted by molar-refractivity contribution is 5.85. The number of hydrogen-bond acceptors (Lipinski definition) is 3. The fraction of sp³-hybridized carbons (Fsp3) is 0.833. The van der Waals surface area contributed by atoms with Gasteiger partial charge in [0.1, 0.15) is 0 Å². The zero-order valence-corrected chi connectivity index (χ0v) is 11.7. The summed E-state index contributed by atoms with van der Waals surface area (Å²) in [5, 5.41) is 5.22. The highest BCUT2D eigenvalue weighted by Crippen LogP contribution is 2.31. The molecular formula is C12H18ClF2N3O2. The first-order valence-electron chi connectivity index (χ1n) is 6.66. The van der Waals surface area contributed by atoms with Crippen LogP contribution in [0.2, 0.25) is 0 Å². The first kappa shape index (κ1) is 15.4. The van der Waals surface area contributed by atoms with Gasteiger partial charge in [0.2, 0.25) is 11.8 Å². The maximum Gasteiger partial charge on any atom is 0.262 e. The number of nitrogens with zero attached hydrogens (tertiary/aromatic N) is 1. The maximum absolute atomic E-state index is 13.0. The third-order valence-corrected chi connectivity index (χ3v) is 3.92. The van der Waals surface area contributed by atoms with E-state index in [1.807, 2.05) is 0 Å². The van der Waals surface area contributed by atoms with E-state index >= 15 is 0 Å². The summed E-state index contributed by atoms with van der Waals surface area (Å²) in [6.45, 7) is 0.0568. The van der Waals surface area contributed by atoms with Crippen molar-refractivity contribution >= 4 is 24.2 Å². The third-order valence-electron chi connectivity index (χ3n) is 3.92. The van der Waals surface area contributed by atoms with Crippen LogP contribution in [0.1, 0.15) is 25.7 Å². The van der Waals surface area contributed by atoms with Gasteiger partial charge in [0, 0.05) is 25.4 Å². The van der Waals surface area contributed by atoms with E-state index < -0.39 is 30.8 Å². The topological polar surface area (TPSA) is 61.4 Å². The molecule has 2 heterocycles. The highest BCUT2D eigenvalue weighted by atomic mass is 35.5. The number of hydrogen-bond donors (Lipinski definition) is 2. The zero-order valence-electron chi connectivity index (χ0n) is 10.9. The lowest BCUT2D eigenvalue weighted by Crippen LogP contribution is -2.46. The van der Waals surface area contributed by atoms with Crippen LogP contribution in [0.25, 0.3) is 0 Å². The fourth-order valence-corrected chi connectivity index (χ4v) is 2.77. The molecule has 0 aromatic carbocycles. The summed E-state index contributed by atoms with van der Waals surface area (Å²) >= 11 is 0. The molecule has 0 aromatic rings. The van der Waals surface area contributed by atoms with Gasteiger partial charge in [-0.3, -0.25) is 14.9 Å². The molecule has 114 valence electrons. The van der Waals surface area contributed by atoms with Crippen LogP contribution >= 0.6 is 12.4 Å². The summed E-state index contributed by atoms with van der Waals surface area (Å²) in [5.41, 5.74) is 0. The van der Waals surface area contributed by atoms with Crippen LogP contribution in [0, 0.1) is 0 Å². The molecular weight excluding hydrogens is 292 g/mol. The van der Waals surface area contributed by atoms with Gasteiger partial charge in [-0.05, 0) is 12.8 Å². The molecule has 2 amide bonds. The number of carbonyl (C=O) groups is 2. The van der Waals surface area contributed by atoms with Gasteiger partial charge in [-0.15, -0.1) is 12.4 Å². The molecule has 3 fully saturated rings. The van der Waals surface area contributed by atoms with Crippen molar-refractivity contribution in [1.29, 1.82) is 0 Å². The monoisotopic (exact) mass is 309 g/mol. The Hall–Kier alpha value is -0.950. The molecule has 0 spiro atoms. The van der Waals surface area contributed by atoms with E-state index in [0.29, 0.717) is 12.6 Å². The minimum atomic E-state index is -2.81. The molecule has 2 atom stereocenters. The predicted molar refractivity (Wildman–Crippen MR) is 69.9 cm³/mol. The average Bonchev–Trinajstić information content (AvgIpc) is 3.01. The zero-order chi connectivity index (χ0) is 13.6. The number of halogens is 3. The molecule has 0 bridgehead atoms. The Balaban J connectivity index is 0.00000147. The molecule has 2 aliphatic heterocycles. The quantitative estimate of drug-likeness (QED) is 0.787. The standard InChI is InChI=1S/C12H17F2N3O2.ClH/c13-12(14)4-9(15-6-12)11(19)16-7-3-10(18)17(5-7)8-1-2-8;/h7-9,15H,1-6H2,(H,16,19);1H. The molecule has 3 aliphatic rings. The molecule has 2 N–H and O–H groups in total. The van der Waals surface area contributed by atoms with E-state index in [0.717, 1.165) is 12.8 Å². The normalized spacial score (nSPS) is 32.1. The van der Waals surface area contributed by atoms with Crippen LogP contribution in [0.3, 0.4) is 0 Å². The number of alkyl halides is 2. The summed E-state index contributed by atoms with van der Waals surface area (Å²) in [5.74, 6) is -3.18. The summed E-state index contributed by atoms with van der Waals surface area (Å²) < 4.78 is 26.0. The SMILES string of the molecule is Cl.O=C(NC1CC(=O)N(C2CC2)C1)C1CC(F)(F)CN1. The number of likely N-dealkylation sites (tertiary alicyclic amines) is 1. The molecule has 0 radical (unpaired) electrons. The van der Waals surface area contributed by atoms with Crippen LogP contribution in [0.4, 0.5) is 8.78 Å². The lowest BCUT2D eigenvalue weighted by Gasteiger charge is -2.18. The molecule has 0 aromatic heterocycles. The second kappa shape index (κ2) is 5.44. The minimum Gasteiger partial charge on any atom is -0.350 e.